The molecule has 90 valence electrons. The molecule has 0 aliphatic carbocycles. The van der Waals surface area contributed by atoms with Crippen LogP contribution >= 0.6 is 15.9 Å². The van der Waals surface area contributed by atoms with Crippen molar-refractivity contribution in [3.05, 3.63) is 33.9 Å². The smallest absolute Gasteiger partial charge is 0.310 e. The Bertz CT molecular complexity index is 560. The van der Waals surface area contributed by atoms with Crippen molar-refractivity contribution in [2.45, 2.75) is 20.3 Å². The molecule has 2 rings (SSSR count). The molecule has 17 heavy (non-hydrogen) atoms. The van der Waals surface area contributed by atoms with E-state index in [0.717, 1.165) is 26.5 Å². The summed E-state index contributed by atoms with van der Waals surface area (Å²) in [5, 5.41) is 1.07. The quantitative estimate of drug-likeness (QED) is 0.883. The number of ether oxygens (including phenoxy) is 1. The van der Waals surface area contributed by atoms with E-state index in [1.807, 2.05) is 32.2 Å². The minimum atomic E-state index is -0.193. The normalized spacial score (nSPS) is 10.8. The molecule has 0 aliphatic rings. The first-order valence-corrected chi connectivity index (χ1v) is 6.33. The lowest BCUT2D eigenvalue weighted by Gasteiger charge is -2.04. The molecule has 1 aromatic carbocycles. The van der Waals surface area contributed by atoms with Crippen LogP contribution in [-0.2, 0) is 16.0 Å². The van der Waals surface area contributed by atoms with Gasteiger partial charge in [0, 0.05) is 21.6 Å². The van der Waals surface area contributed by atoms with Gasteiger partial charge in [0.05, 0.1) is 13.0 Å². The third-order valence-corrected chi connectivity index (χ3v) is 3.72. The van der Waals surface area contributed by atoms with Gasteiger partial charge < -0.3 is 9.72 Å². The second kappa shape index (κ2) is 4.92. The van der Waals surface area contributed by atoms with E-state index in [-0.39, 0.29) is 5.97 Å². The molecule has 0 amide bonds. The first kappa shape index (κ1) is 12.2. The van der Waals surface area contributed by atoms with Crippen molar-refractivity contribution in [1.29, 1.82) is 0 Å². The van der Waals surface area contributed by atoms with Gasteiger partial charge in [-0.15, -0.1) is 0 Å². The molecular weight excluding hydrogens is 282 g/mol. The number of benzene rings is 1. The standard InChI is InChI=1S/C13H14BrNO2/c1-3-17-11(16)6-9-7-15-10-5-4-8(2)13(14)12(9)10/h4-5,7,15H,3,6H2,1-2H3. The Kier molecular flexibility index (Phi) is 3.52. The molecule has 0 unspecified atom stereocenters. The third kappa shape index (κ3) is 2.36. The van der Waals surface area contributed by atoms with Gasteiger partial charge in [0.2, 0.25) is 0 Å². The number of hydrogen-bond acceptors (Lipinski definition) is 2. The van der Waals surface area contributed by atoms with Gasteiger partial charge in [0.1, 0.15) is 0 Å². The van der Waals surface area contributed by atoms with Crippen LogP contribution in [0.4, 0.5) is 0 Å². The lowest BCUT2D eigenvalue weighted by molar-refractivity contribution is -0.142. The van der Waals surface area contributed by atoms with Gasteiger partial charge in [-0.1, -0.05) is 6.07 Å². The van der Waals surface area contributed by atoms with E-state index in [0.29, 0.717) is 13.0 Å². The number of nitrogens with one attached hydrogen (secondary N) is 1. The Hall–Kier alpha value is -1.29. The summed E-state index contributed by atoms with van der Waals surface area (Å²) >= 11 is 3.57. The number of carbonyl (C=O) groups is 1. The highest BCUT2D eigenvalue weighted by Gasteiger charge is 2.12. The van der Waals surface area contributed by atoms with Crippen molar-refractivity contribution >= 4 is 32.8 Å². The Balaban J connectivity index is 2.41. The zero-order chi connectivity index (χ0) is 12.4. The number of halogens is 1. The summed E-state index contributed by atoms with van der Waals surface area (Å²) in [6.07, 6.45) is 2.17. The number of carbonyl (C=O) groups excluding carboxylic acids is 1. The number of aryl methyl sites for hydroxylation is 1. The van der Waals surface area contributed by atoms with E-state index in [1.165, 1.54) is 0 Å². The van der Waals surface area contributed by atoms with Gasteiger partial charge in [0.15, 0.2) is 0 Å². The molecule has 0 saturated heterocycles. The largest absolute Gasteiger partial charge is 0.466 e. The Labute approximate surface area is 108 Å². The average Bonchev–Trinajstić information content (AvgIpc) is 2.68. The van der Waals surface area contributed by atoms with Crippen LogP contribution in [0.2, 0.25) is 0 Å². The van der Waals surface area contributed by atoms with E-state index in [4.69, 9.17) is 4.74 Å². The molecule has 0 radical (unpaired) electrons. The SMILES string of the molecule is CCOC(=O)Cc1c[nH]c2ccc(C)c(Br)c12. The molecule has 4 heteroatoms. The summed E-state index contributed by atoms with van der Waals surface area (Å²) in [7, 11) is 0. The third-order valence-electron chi connectivity index (χ3n) is 2.70. The number of rotatable bonds is 3. The first-order valence-electron chi connectivity index (χ1n) is 5.54. The fraction of sp³-hybridized carbons (Fsp3) is 0.308. The number of H-pyrrole nitrogens is 1. The van der Waals surface area contributed by atoms with Gasteiger partial charge in [0.25, 0.3) is 0 Å². The fourth-order valence-corrected chi connectivity index (χ4v) is 2.46. The summed E-state index contributed by atoms with van der Waals surface area (Å²) in [5.41, 5.74) is 3.15. The van der Waals surface area contributed by atoms with Crippen LogP contribution in [0.5, 0.6) is 0 Å². The van der Waals surface area contributed by atoms with E-state index >= 15 is 0 Å². The topological polar surface area (TPSA) is 42.1 Å². The molecule has 1 N–H and O–H groups in total. The monoisotopic (exact) mass is 295 g/mol. The molecule has 2 aromatic rings. The molecule has 1 heterocycles. The lowest BCUT2D eigenvalue weighted by atomic mass is 10.1. The van der Waals surface area contributed by atoms with Gasteiger partial charge in [-0.25, -0.2) is 0 Å². The predicted molar refractivity (Wildman–Crippen MR) is 71.1 cm³/mol. The Morgan fingerprint density at radius 3 is 2.94 bits per heavy atom. The van der Waals surface area contributed by atoms with Crippen LogP contribution in [0, 0.1) is 6.92 Å². The maximum absolute atomic E-state index is 11.5. The fourth-order valence-electron chi connectivity index (χ4n) is 1.86. The molecule has 3 nitrogen and oxygen atoms in total. The second-order valence-corrected chi connectivity index (χ2v) is 4.71. The highest BCUT2D eigenvalue weighted by Crippen LogP contribution is 2.30. The first-order chi connectivity index (χ1) is 8.13. The molecule has 0 saturated carbocycles. The maximum atomic E-state index is 11.5. The van der Waals surface area contributed by atoms with Crippen molar-refractivity contribution < 1.29 is 9.53 Å². The van der Waals surface area contributed by atoms with Crippen molar-refractivity contribution in [3.8, 4) is 0 Å². The van der Waals surface area contributed by atoms with Gasteiger partial charge in [-0.3, -0.25) is 4.79 Å². The molecule has 0 fully saturated rings. The van der Waals surface area contributed by atoms with Crippen LogP contribution in [0.1, 0.15) is 18.1 Å². The summed E-state index contributed by atoms with van der Waals surface area (Å²) in [6, 6.07) is 4.06. The zero-order valence-electron chi connectivity index (χ0n) is 9.84. The molecule has 0 spiro atoms. The zero-order valence-corrected chi connectivity index (χ0v) is 11.4. The van der Waals surface area contributed by atoms with E-state index < -0.39 is 0 Å². The van der Waals surface area contributed by atoms with Crippen LogP contribution in [0.3, 0.4) is 0 Å². The predicted octanol–water partition coefficient (Wildman–Crippen LogP) is 3.34. The number of hydrogen-bond donors (Lipinski definition) is 1. The summed E-state index contributed by atoms with van der Waals surface area (Å²) in [4.78, 5) is 14.7. The maximum Gasteiger partial charge on any atom is 0.310 e. The average molecular weight is 296 g/mol. The van der Waals surface area contributed by atoms with Gasteiger partial charge >= 0.3 is 5.97 Å². The highest BCUT2D eigenvalue weighted by atomic mass is 79.9. The minimum absolute atomic E-state index is 0.193. The van der Waals surface area contributed by atoms with Crippen molar-refractivity contribution in [2.24, 2.45) is 0 Å². The van der Waals surface area contributed by atoms with Crippen molar-refractivity contribution in [2.75, 3.05) is 6.61 Å². The van der Waals surface area contributed by atoms with Crippen LogP contribution in [0.25, 0.3) is 10.9 Å². The van der Waals surface area contributed by atoms with Crippen molar-refractivity contribution in [1.82, 2.24) is 4.98 Å². The summed E-state index contributed by atoms with van der Waals surface area (Å²) < 4.78 is 6.00. The van der Waals surface area contributed by atoms with Crippen LogP contribution in [0.15, 0.2) is 22.8 Å². The molecule has 0 bridgehead atoms. The van der Waals surface area contributed by atoms with Crippen molar-refractivity contribution in [3.63, 3.8) is 0 Å². The number of aromatic amines is 1. The summed E-state index contributed by atoms with van der Waals surface area (Å²) in [5.74, 6) is -0.193. The van der Waals surface area contributed by atoms with E-state index in [9.17, 15) is 4.79 Å². The van der Waals surface area contributed by atoms with E-state index in [1.54, 1.807) is 0 Å². The molecule has 1 aromatic heterocycles. The number of aromatic nitrogens is 1. The van der Waals surface area contributed by atoms with Gasteiger partial charge in [-0.05, 0) is 47.0 Å². The Morgan fingerprint density at radius 2 is 2.24 bits per heavy atom. The summed E-state index contributed by atoms with van der Waals surface area (Å²) in [6.45, 7) is 4.26. The van der Waals surface area contributed by atoms with Crippen LogP contribution in [-0.4, -0.2) is 17.6 Å². The number of fused-ring (bicyclic) bond motifs is 1. The number of esters is 1. The van der Waals surface area contributed by atoms with Gasteiger partial charge in [-0.2, -0.15) is 0 Å². The van der Waals surface area contributed by atoms with E-state index in [2.05, 4.69) is 20.9 Å². The second-order valence-electron chi connectivity index (χ2n) is 3.91. The molecule has 0 atom stereocenters. The van der Waals surface area contributed by atoms with Crippen LogP contribution < -0.4 is 0 Å². The Morgan fingerprint density at radius 1 is 1.47 bits per heavy atom. The minimum Gasteiger partial charge on any atom is -0.466 e. The molecular formula is C13H14BrNO2. The molecule has 0 aliphatic heterocycles. The highest BCUT2D eigenvalue weighted by molar-refractivity contribution is 9.10. The lowest BCUT2D eigenvalue weighted by Crippen LogP contribution is -2.07.